The van der Waals surface area contributed by atoms with E-state index in [1.54, 1.807) is 0 Å². The Kier molecular flexibility index (Phi) is 1.68. The molecule has 1 fully saturated rings. The molecule has 5 nitrogen and oxygen atoms in total. The van der Waals surface area contributed by atoms with Crippen LogP contribution in [0.25, 0.3) is 11.5 Å². The SMILES string of the molecule is Cc1ocnc1-c1noc(C2CC2C)n1. The van der Waals surface area contributed by atoms with E-state index in [1.165, 1.54) is 6.39 Å². The minimum absolute atomic E-state index is 0.443. The molecule has 2 unspecified atom stereocenters. The maximum absolute atomic E-state index is 5.20. The number of rotatable bonds is 2. The molecule has 0 bridgehead atoms. The van der Waals surface area contributed by atoms with Crippen molar-refractivity contribution in [1.29, 1.82) is 0 Å². The highest BCUT2D eigenvalue weighted by Gasteiger charge is 2.39. The van der Waals surface area contributed by atoms with E-state index in [9.17, 15) is 0 Å². The Morgan fingerprint density at radius 1 is 1.47 bits per heavy atom. The second-order valence-corrected chi connectivity index (χ2v) is 4.03. The highest BCUT2D eigenvalue weighted by molar-refractivity contribution is 5.50. The summed E-state index contributed by atoms with van der Waals surface area (Å²) >= 11 is 0. The molecule has 1 saturated carbocycles. The first-order valence-corrected chi connectivity index (χ1v) is 5.00. The standard InChI is InChI=1S/C10H11N3O2/c1-5-3-7(5)10-12-9(13-15-10)8-6(2)14-4-11-8/h4-5,7H,3H2,1-2H3. The van der Waals surface area contributed by atoms with Crippen LogP contribution in [0, 0.1) is 12.8 Å². The van der Waals surface area contributed by atoms with Crippen molar-refractivity contribution in [2.24, 2.45) is 5.92 Å². The predicted molar refractivity (Wildman–Crippen MR) is 51.1 cm³/mol. The summed E-state index contributed by atoms with van der Waals surface area (Å²) in [4.78, 5) is 8.37. The monoisotopic (exact) mass is 205 g/mol. The van der Waals surface area contributed by atoms with Crippen LogP contribution in [0.15, 0.2) is 15.3 Å². The molecule has 1 aliphatic carbocycles. The molecule has 0 N–H and O–H groups in total. The largest absolute Gasteiger partial charge is 0.448 e. The smallest absolute Gasteiger partial charge is 0.230 e. The Balaban J connectivity index is 1.94. The summed E-state index contributed by atoms with van der Waals surface area (Å²) in [5, 5.41) is 3.91. The summed E-state index contributed by atoms with van der Waals surface area (Å²) in [6.45, 7) is 4.01. The van der Waals surface area contributed by atoms with Crippen LogP contribution in [0.4, 0.5) is 0 Å². The average Bonchev–Trinajstić information content (AvgIpc) is 2.69. The van der Waals surface area contributed by atoms with Crippen molar-refractivity contribution in [2.75, 3.05) is 0 Å². The number of hydrogen-bond donors (Lipinski definition) is 0. The van der Waals surface area contributed by atoms with Gasteiger partial charge in [0.25, 0.3) is 0 Å². The molecule has 0 spiro atoms. The number of aromatic nitrogens is 3. The lowest BCUT2D eigenvalue weighted by atomic mass is 10.3. The Hall–Kier alpha value is -1.65. The van der Waals surface area contributed by atoms with Crippen LogP contribution in [-0.2, 0) is 0 Å². The Labute approximate surface area is 86.5 Å². The molecule has 0 saturated heterocycles. The summed E-state index contributed by atoms with van der Waals surface area (Å²) in [7, 11) is 0. The van der Waals surface area contributed by atoms with E-state index in [1.807, 2.05) is 6.92 Å². The minimum Gasteiger partial charge on any atom is -0.448 e. The van der Waals surface area contributed by atoms with E-state index in [4.69, 9.17) is 8.94 Å². The van der Waals surface area contributed by atoms with E-state index in [0.29, 0.717) is 29.1 Å². The van der Waals surface area contributed by atoms with Gasteiger partial charge in [-0.25, -0.2) is 4.98 Å². The van der Waals surface area contributed by atoms with Gasteiger partial charge in [0, 0.05) is 5.92 Å². The van der Waals surface area contributed by atoms with Gasteiger partial charge in [-0.1, -0.05) is 12.1 Å². The van der Waals surface area contributed by atoms with E-state index in [2.05, 4.69) is 22.0 Å². The van der Waals surface area contributed by atoms with Crippen LogP contribution in [-0.4, -0.2) is 15.1 Å². The Morgan fingerprint density at radius 3 is 2.87 bits per heavy atom. The van der Waals surface area contributed by atoms with Gasteiger partial charge in [0.2, 0.25) is 11.7 Å². The Morgan fingerprint density at radius 2 is 2.27 bits per heavy atom. The number of nitrogens with zero attached hydrogens (tertiary/aromatic N) is 3. The first kappa shape index (κ1) is 8.64. The van der Waals surface area contributed by atoms with Crippen LogP contribution in [0.2, 0.25) is 0 Å². The summed E-state index contributed by atoms with van der Waals surface area (Å²) in [6, 6.07) is 0. The Bertz CT molecular complexity index is 488. The molecule has 2 atom stereocenters. The lowest BCUT2D eigenvalue weighted by molar-refractivity contribution is 0.376. The van der Waals surface area contributed by atoms with Gasteiger partial charge in [0.05, 0.1) is 0 Å². The van der Waals surface area contributed by atoms with Gasteiger partial charge in [0.1, 0.15) is 5.76 Å². The van der Waals surface area contributed by atoms with Crippen molar-refractivity contribution in [2.45, 2.75) is 26.2 Å². The molecule has 0 amide bonds. The summed E-state index contributed by atoms with van der Waals surface area (Å²) < 4.78 is 10.3. The second kappa shape index (κ2) is 2.92. The molecule has 2 aromatic heterocycles. The molecular formula is C10H11N3O2. The molecule has 2 aromatic rings. The lowest BCUT2D eigenvalue weighted by Crippen LogP contribution is -1.84. The summed E-state index contributed by atoms with van der Waals surface area (Å²) in [5.74, 6) is 3.07. The van der Waals surface area contributed by atoms with Crippen LogP contribution in [0.3, 0.4) is 0 Å². The van der Waals surface area contributed by atoms with Gasteiger partial charge in [-0.15, -0.1) is 0 Å². The van der Waals surface area contributed by atoms with Crippen LogP contribution in [0.5, 0.6) is 0 Å². The zero-order chi connectivity index (χ0) is 10.4. The summed E-state index contributed by atoms with van der Waals surface area (Å²) in [6.07, 6.45) is 2.53. The maximum Gasteiger partial charge on any atom is 0.230 e. The van der Waals surface area contributed by atoms with Crippen molar-refractivity contribution >= 4 is 0 Å². The third-order valence-electron chi connectivity index (χ3n) is 2.82. The molecule has 15 heavy (non-hydrogen) atoms. The van der Waals surface area contributed by atoms with Gasteiger partial charge in [-0.05, 0) is 19.3 Å². The molecule has 0 aromatic carbocycles. The first-order chi connectivity index (χ1) is 7.25. The van der Waals surface area contributed by atoms with Gasteiger partial charge < -0.3 is 8.94 Å². The first-order valence-electron chi connectivity index (χ1n) is 5.00. The van der Waals surface area contributed by atoms with E-state index < -0.39 is 0 Å². The highest BCUT2D eigenvalue weighted by Crippen LogP contribution is 2.46. The fourth-order valence-corrected chi connectivity index (χ4v) is 1.67. The fraction of sp³-hybridized carbons (Fsp3) is 0.500. The molecule has 5 heteroatoms. The van der Waals surface area contributed by atoms with E-state index in [0.717, 1.165) is 12.3 Å². The van der Waals surface area contributed by atoms with Crippen molar-refractivity contribution in [1.82, 2.24) is 15.1 Å². The average molecular weight is 205 g/mol. The normalized spacial score (nSPS) is 24.4. The van der Waals surface area contributed by atoms with Crippen molar-refractivity contribution in [3.8, 4) is 11.5 Å². The van der Waals surface area contributed by atoms with Crippen molar-refractivity contribution in [3.05, 3.63) is 18.0 Å². The molecule has 0 aliphatic heterocycles. The molecule has 1 aliphatic rings. The summed E-state index contributed by atoms with van der Waals surface area (Å²) in [5.41, 5.74) is 0.665. The number of oxazole rings is 1. The van der Waals surface area contributed by atoms with Gasteiger partial charge in [0.15, 0.2) is 12.1 Å². The van der Waals surface area contributed by atoms with Crippen molar-refractivity contribution in [3.63, 3.8) is 0 Å². The fourth-order valence-electron chi connectivity index (χ4n) is 1.67. The zero-order valence-electron chi connectivity index (χ0n) is 8.60. The van der Waals surface area contributed by atoms with Crippen LogP contribution >= 0.6 is 0 Å². The van der Waals surface area contributed by atoms with Crippen LogP contribution < -0.4 is 0 Å². The van der Waals surface area contributed by atoms with Gasteiger partial charge >= 0.3 is 0 Å². The lowest BCUT2D eigenvalue weighted by Gasteiger charge is -1.86. The number of hydrogen-bond acceptors (Lipinski definition) is 5. The van der Waals surface area contributed by atoms with Crippen molar-refractivity contribution < 1.29 is 8.94 Å². The topological polar surface area (TPSA) is 65.0 Å². The number of aryl methyl sites for hydroxylation is 1. The molecule has 0 radical (unpaired) electrons. The molecule has 78 valence electrons. The van der Waals surface area contributed by atoms with Gasteiger partial charge in [-0.2, -0.15) is 4.98 Å². The van der Waals surface area contributed by atoms with Crippen LogP contribution in [0.1, 0.15) is 30.9 Å². The van der Waals surface area contributed by atoms with E-state index in [-0.39, 0.29) is 0 Å². The van der Waals surface area contributed by atoms with E-state index >= 15 is 0 Å². The molecular weight excluding hydrogens is 194 g/mol. The van der Waals surface area contributed by atoms with Gasteiger partial charge in [-0.3, -0.25) is 0 Å². The third kappa shape index (κ3) is 1.35. The quantitative estimate of drug-likeness (QED) is 0.751. The molecule has 2 heterocycles. The zero-order valence-corrected chi connectivity index (χ0v) is 8.60. The highest BCUT2D eigenvalue weighted by atomic mass is 16.5. The maximum atomic E-state index is 5.20. The molecule has 3 rings (SSSR count). The predicted octanol–water partition coefficient (Wildman–Crippen LogP) is 2.16. The third-order valence-corrected chi connectivity index (χ3v) is 2.82. The minimum atomic E-state index is 0.443. The second-order valence-electron chi connectivity index (χ2n) is 4.03.